The molecular formula is C16H24N6O2. The second kappa shape index (κ2) is 6.27. The predicted molar refractivity (Wildman–Crippen MR) is 89.3 cm³/mol. The molecule has 0 radical (unpaired) electrons. The average molecular weight is 332 g/mol. The molecule has 8 nitrogen and oxygen atoms in total. The van der Waals surface area contributed by atoms with E-state index in [1.165, 1.54) is 0 Å². The molecule has 4 rings (SSSR count). The number of piperidine rings is 1. The Morgan fingerprint density at radius 3 is 2.62 bits per heavy atom. The standard InChI is InChI=1S/C16H24N6O2/c1-20(2)15-4-3-14-17-18-16(22(14)19-15)11-5-7-21(8-6-11)12-9-24-10-13(12)23/h3-4,11-13,23H,5-10H2,1-2H3. The monoisotopic (exact) mass is 332 g/mol. The number of likely N-dealkylation sites (tertiary alicyclic amines) is 1. The third kappa shape index (κ3) is 2.74. The molecule has 24 heavy (non-hydrogen) atoms. The van der Waals surface area contributed by atoms with Crippen LogP contribution in [0.15, 0.2) is 12.1 Å². The molecule has 0 aromatic carbocycles. The molecule has 130 valence electrons. The third-order valence-electron chi connectivity index (χ3n) is 5.12. The summed E-state index contributed by atoms with van der Waals surface area (Å²) in [6.07, 6.45) is 1.63. The number of anilines is 1. The minimum absolute atomic E-state index is 0.138. The average Bonchev–Trinajstić information content (AvgIpc) is 3.20. The highest BCUT2D eigenvalue weighted by atomic mass is 16.5. The van der Waals surface area contributed by atoms with E-state index >= 15 is 0 Å². The van der Waals surface area contributed by atoms with Crippen molar-refractivity contribution in [1.29, 1.82) is 0 Å². The largest absolute Gasteiger partial charge is 0.389 e. The van der Waals surface area contributed by atoms with Crippen molar-refractivity contribution < 1.29 is 9.84 Å². The third-order valence-corrected chi connectivity index (χ3v) is 5.12. The topological polar surface area (TPSA) is 79.0 Å². The quantitative estimate of drug-likeness (QED) is 0.856. The van der Waals surface area contributed by atoms with Crippen LogP contribution in [0, 0.1) is 0 Å². The molecule has 2 saturated heterocycles. The van der Waals surface area contributed by atoms with Gasteiger partial charge in [-0.1, -0.05) is 0 Å². The van der Waals surface area contributed by atoms with Crippen LogP contribution in [0.25, 0.3) is 5.65 Å². The van der Waals surface area contributed by atoms with Crippen LogP contribution in [-0.4, -0.2) is 82.4 Å². The van der Waals surface area contributed by atoms with Crippen molar-refractivity contribution in [1.82, 2.24) is 24.7 Å². The zero-order valence-electron chi connectivity index (χ0n) is 14.2. The fourth-order valence-corrected chi connectivity index (χ4v) is 3.66. The van der Waals surface area contributed by atoms with Crippen LogP contribution >= 0.6 is 0 Å². The van der Waals surface area contributed by atoms with Gasteiger partial charge in [-0.3, -0.25) is 4.90 Å². The molecule has 2 aromatic rings. The van der Waals surface area contributed by atoms with Crippen molar-refractivity contribution in [3.63, 3.8) is 0 Å². The number of hydrogen-bond donors (Lipinski definition) is 1. The van der Waals surface area contributed by atoms with Crippen LogP contribution in [0.5, 0.6) is 0 Å². The van der Waals surface area contributed by atoms with Gasteiger partial charge in [-0.25, -0.2) is 0 Å². The second-order valence-corrected chi connectivity index (χ2v) is 6.90. The lowest BCUT2D eigenvalue weighted by Crippen LogP contribution is -2.46. The van der Waals surface area contributed by atoms with Gasteiger partial charge in [0.2, 0.25) is 0 Å². The molecule has 2 aromatic heterocycles. The lowest BCUT2D eigenvalue weighted by molar-refractivity contribution is 0.0655. The number of ether oxygens (including phenoxy) is 1. The van der Waals surface area contributed by atoms with Crippen molar-refractivity contribution in [3.8, 4) is 0 Å². The number of hydrogen-bond acceptors (Lipinski definition) is 7. The first-order valence-corrected chi connectivity index (χ1v) is 8.53. The van der Waals surface area contributed by atoms with Crippen molar-refractivity contribution in [3.05, 3.63) is 18.0 Å². The van der Waals surface area contributed by atoms with Crippen LogP contribution in [0.4, 0.5) is 5.82 Å². The van der Waals surface area contributed by atoms with Gasteiger partial charge < -0.3 is 14.7 Å². The molecule has 2 aliphatic rings. The SMILES string of the molecule is CN(C)c1ccc2nnc(C3CCN(C4COCC4O)CC3)n2n1. The van der Waals surface area contributed by atoms with E-state index in [1.807, 2.05) is 35.6 Å². The van der Waals surface area contributed by atoms with Crippen molar-refractivity contribution in [2.24, 2.45) is 0 Å². The van der Waals surface area contributed by atoms with Gasteiger partial charge in [0.15, 0.2) is 11.5 Å². The molecule has 0 saturated carbocycles. The summed E-state index contributed by atoms with van der Waals surface area (Å²) >= 11 is 0. The van der Waals surface area contributed by atoms with E-state index in [9.17, 15) is 5.11 Å². The summed E-state index contributed by atoms with van der Waals surface area (Å²) in [5.41, 5.74) is 0.789. The first-order valence-electron chi connectivity index (χ1n) is 8.53. The number of rotatable bonds is 3. The molecular weight excluding hydrogens is 308 g/mol. The molecule has 4 heterocycles. The maximum atomic E-state index is 10.0. The van der Waals surface area contributed by atoms with Gasteiger partial charge in [-0.05, 0) is 38.1 Å². The zero-order chi connectivity index (χ0) is 16.7. The highest BCUT2D eigenvalue weighted by Gasteiger charge is 2.35. The lowest BCUT2D eigenvalue weighted by Gasteiger charge is -2.35. The van der Waals surface area contributed by atoms with Crippen LogP contribution < -0.4 is 4.90 Å². The fraction of sp³-hybridized carbons (Fsp3) is 0.688. The maximum Gasteiger partial charge on any atom is 0.178 e. The molecule has 2 aliphatic heterocycles. The molecule has 0 spiro atoms. The Kier molecular flexibility index (Phi) is 4.11. The molecule has 2 unspecified atom stereocenters. The molecule has 0 bridgehead atoms. The Morgan fingerprint density at radius 2 is 1.96 bits per heavy atom. The Bertz CT molecular complexity index is 710. The lowest BCUT2D eigenvalue weighted by atomic mass is 9.94. The maximum absolute atomic E-state index is 10.0. The van der Waals surface area contributed by atoms with Gasteiger partial charge in [0, 0.05) is 20.0 Å². The Balaban J connectivity index is 1.51. The van der Waals surface area contributed by atoms with Gasteiger partial charge in [0.1, 0.15) is 5.82 Å². The summed E-state index contributed by atoms with van der Waals surface area (Å²) in [4.78, 5) is 4.32. The number of fused-ring (bicyclic) bond motifs is 1. The normalized spacial score (nSPS) is 26.3. The van der Waals surface area contributed by atoms with Crippen LogP contribution in [0.1, 0.15) is 24.6 Å². The summed E-state index contributed by atoms with van der Waals surface area (Å²) in [7, 11) is 3.96. The number of nitrogens with zero attached hydrogens (tertiary/aromatic N) is 6. The van der Waals surface area contributed by atoms with Crippen molar-refractivity contribution >= 4 is 11.5 Å². The number of aromatic nitrogens is 4. The molecule has 0 amide bonds. The Morgan fingerprint density at radius 1 is 1.17 bits per heavy atom. The molecule has 2 fully saturated rings. The first-order chi connectivity index (χ1) is 11.6. The van der Waals surface area contributed by atoms with E-state index in [1.54, 1.807) is 0 Å². The van der Waals surface area contributed by atoms with E-state index in [4.69, 9.17) is 4.74 Å². The van der Waals surface area contributed by atoms with E-state index in [2.05, 4.69) is 20.2 Å². The Labute approximate surface area is 141 Å². The summed E-state index contributed by atoms with van der Waals surface area (Å²) in [5.74, 6) is 2.18. The minimum atomic E-state index is -0.361. The summed E-state index contributed by atoms with van der Waals surface area (Å²) in [6, 6.07) is 4.05. The smallest absolute Gasteiger partial charge is 0.178 e. The van der Waals surface area contributed by atoms with E-state index in [0.29, 0.717) is 19.1 Å². The molecule has 0 aliphatic carbocycles. The van der Waals surface area contributed by atoms with Gasteiger partial charge in [-0.2, -0.15) is 4.52 Å². The summed E-state index contributed by atoms with van der Waals surface area (Å²) < 4.78 is 7.26. The highest BCUT2D eigenvalue weighted by molar-refractivity contribution is 5.45. The van der Waals surface area contributed by atoms with E-state index in [0.717, 1.165) is 43.2 Å². The van der Waals surface area contributed by atoms with Gasteiger partial charge in [0.25, 0.3) is 0 Å². The first kappa shape index (κ1) is 15.7. The molecule has 2 atom stereocenters. The van der Waals surface area contributed by atoms with Crippen LogP contribution in [-0.2, 0) is 4.74 Å². The molecule has 1 N–H and O–H groups in total. The van der Waals surface area contributed by atoms with Gasteiger partial charge >= 0.3 is 0 Å². The van der Waals surface area contributed by atoms with E-state index < -0.39 is 0 Å². The highest BCUT2D eigenvalue weighted by Crippen LogP contribution is 2.29. The minimum Gasteiger partial charge on any atom is -0.389 e. The van der Waals surface area contributed by atoms with Crippen molar-refractivity contribution in [2.75, 3.05) is 45.3 Å². The van der Waals surface area contributed by atoms with Crippen LogP contribution in [0.3, 0.4) is 0 Å². The summed E-state index contributed by atoms with van der Waals surface area (Å²) in [5, 5.41) is 23.3. The number of aliphatic hydroxyl groups excluding tert-OH is 1. The zero-order valence-corrected chi connectivity index (χ0v) is 14.2. The second-order valence-electron chi connectivity index (χ2n) is 6.90. The van der Waals surface area contributed by atoms with Gasteiger partial charge in [-0.15, -0.1) is 15.3 Å². The molecule has 8 heteroatoms. The fourth-order valence-electron chi connectivity index (χ4n) is 3.66. The predicted octanol–water partition coefficient (Wildman–Crippen LogP) is 0.129. The van der Waals surface area contributed by atoms with E-state index in [-0.39, 0.29) is 12.1 Å². The van der Waals surface area contributed by atoms with Crippen molar-refractivity contribution in [2.45, 2.75) is 30.9 Å². The van der Waals surface area contributed by atoms with Gasteiger partial charge in [0.05, 0.1) is 25.4 Å². The summed E-state index contributed by atoms with van der Waals surface area (Å²) in [6.45, 7) is 2.97. The van der Waals surface area contributed by atoms with Crippen LogP contribution in [0.2, 0.25) is 0 Å². The number of aliphatic hydroxyl groups is 1. The Hall–Kier alpha value is -1.77.